The van der Waals surface area contributed by atoms with Crippen molar-refractivity contribution in [2.75, 3.05) is 12.4 Å². The number of methoxy groups -OCH3 is 1. The highest BCUT2D eigenvalue weighted by molar-refractivity contribution is 6.04. The van der Waals surface area contributed by atoms with Crippen molar-refractivity contribution in [1.29, 1.82) is 0 Å². The molecular weight excluding hydrogens is 238 g/mol. The highest BCUT2D eigenvalue weighted by Gasteiger charge is 2.09. The first-order valence-electron chi connectivity index (χ1n) is 6.13. The lowest BCUT2D eigenvalue weighted by Gasteiger charge is -2.10. The molecule has 0 fully saturated rings. The maximum absolute atomic E-state index is 12.2. The van der Waals surface area contributed by atoms with Gasteiger partial charge in [0, 0.05) is 11.3 Å². The van der Waals surface area contributed by atoms with Crippen LogP contribution in [0.25, 0.3) is 0 Å². The van der Waals surface area contributed by atoms with E-state index >= 15 is 0 Å². The van der Waals surface area contributed by atoms with Gasteiger partial charge in [-0.15, -0.1) is 0 Å². The number of ether oxygens (including phenoxy) is 1. The number of aryl methyl sites for hydroxylation is 2. The second-order valence-electron chi connectivity index (χ2n) is 4.45. The van der Waals surface area contributed by atoms with Crippen molar-refractivity contribution in [2.24, 2.45) is 0 Å². The Morgan fingerprint density at radius 1 is 1.05 bits per heavy atom. The standard InChI is InChI=1S/C16H17NO2/c1-11-6-4-5-7-14(11)17-16(18)13-9-8-12(2)15(10-13)19-3/h4-10H,1-3H3,(H,17,18). The molecule has 0 saturated heterocycles. The number of carbonyl (C=O) groups excluding carboxylic acids is 1. The van der Waals surface area contributed by atoms with E-state index in [0.29, 0.717) is 5.56 Å². The van der Waals surface area contributed by atoms with E-state index in [4.69, 9.17) is 4.74 Å². The van der Waals surface area contributed by atoms with Crippen LogP contribution in [0, 0.1) is 13.8 Å². The third-order valence-corrected chi connectivity index (χ3v) is 3.06. The van der Waals surface area contributed by atoms with Gasteiger partial charge in [0.15, 0.2) is 0 Å². The van der Waals surface area contributed by atoms with Crippen LogP contribution in [0.2, 0.25) is 0 Å². The Kier molecular flexibility index (Phi) is 3.85. The summed E-state index contributed by atoms with van der Waals surface area (Å²) in [6, 6.07) is 13.1. The fourth-order valence-electron chi connectivity index (χ4n) is 1.87. The van der Waals surface area contributed by atoms with Crippen LogP contribution in [0.15, 0.2) is 42.5 Å². The molecule has 0 atom stereocenters. The number of benzene rings is 2. The number of hydrogen-bond donors (Lipinski definition) is 1. The third-order valence-electron chi connectivity index (χ3n) is 3.06. The quantitative estimate of drug-likeness (QED) is 0.910. The van der Waals surface area contributed by atoms with Crippen LogP contribution in [-0.2, 0) is 0 Å². The number of para-hydroxylation sites is 1. The van der Waals surface area contributed by atoms with Crippen LogP contribution < -0.4 is 10.1 Å². The summed E-state index contributed by atoms with van der Waals surface area (Å²) in [6.07, 6.45) is 0. The van der Waals surface area contributed by atoms with Crippen molar-refractivity contribution >= 4 is 11.6 Å². The summed E-state index contributed by atoms with van der Waals surface area (Å²) in [4.78, 5) is 12.2. The average Bonchev–Trinajstić information content (AvgIpc) is 2.42. The van der Waals surface area contributed by atoms with Gasteiger partial charge in [-0.2, -0.15) is 0 Å². The molecule has 98 valence electrons. The zero-order valence-corrected chi connectivity index (χ0v) is 11.4. The lowest BCUT2D eigenvalue weighted by molar-refractivity contribution is 0.102. The van der Waals surface area contributed by atoms with Gasteiger partial charge < -0.3 is 10.1 Å². The second kappa shape index (κ2) is 5.57. The van der Waals surface area contributed by atoms with Gasteiger partial charge in [-0.3, -0.25) is 4.79 Å². The van der Waals surface area contributed by atoms with Gasteiger partial charge in [0.1, 0.15) is 5.75 Å². The Morgan fingerprint density at radius 2 is 1.79 bits per heavy atom. The topological polar surface area (TPSA) is 38.3 Å². The molecule has 0 aliphatic heterocycles. The van der Waals surface area contributed by atoms with Gasteiger partial charge >= 0.3 is 0 Å². The zero-order chi connectivity index (χ0) is 13.8. The van der Waals surface area contributed by atoms with Crippen LogP contribution in [0.1, 0.15) is 21.5 Å². The van der Waals surface area contributed by atoms with Crippen molar-refractivity contribution < 1.29 is 9.53 Å². The number of carbonyl (C=O) groups is 1. The summed E-state index contributed by atoms with van der Waals surface area (Å²) in [6.45, 7) is 3.91. The van der Waals surface area contributed by atoms with E-state index in [2.05, 4.69) is 5.32 Å². The first-order valence-corrected chi connectivity index (χ1v) is 6.13. The van der Waals surface area contributed by atoms with Crippen LogP contribution in [0.3, 0.4) is 0 Å². The molecule has 0 bridgehead atoms. The van der Waals surface area contributed by atoms with Crippen LogP contribution in [-0.4, -0.2) is 13.0 Å². The molecule has 1 N–H and O–H groups in total. The van der Waals surface area contributed by atoms with E-state index in [9.17, 15) is 4.79 Å². The number of hydrogen-bond acceptors (Lipinski definition) is 2. The number of amides is 1. The SMILES string of the molecule is COc1cc(C(=O)Nc2ccccc2C)ccc1C. The first kappa shape index (κ1) is 13.1. The molecule has 0 aliphatic carbocycles. The van der Waals surface area contributed by atoms with Gasteiger partial charge in [0.2, 0.25) is 0 Å². The summed E-state index contributed by atoms with van der Waals surface area (Å²) in [5.74, 6) is 0.588. The van der Waals surface area contributed by atoms with E-state index in [-0.39, 0.29) is 5.91 Å². The monoisotopic (exact) mass is 255 g/mol. The first-order chi connectivity index (χ1) is 9.11. The normalized spacial score (nSPS) is 10.1. The maximum Gasteiger partial charge on any atom is 0.255 e. The highest BCUT2D eigenvalue weighted by Crippen LogP contribution is 2.20. The molecule has 0 aliphatic rings. The van der Waals surface area contributed by atoms with Crippen molar-refractivity contribution in [3.05, 3.63) is 59.2 Å². The summed E-state index contributed by atoms with van der Waals surface area (Å²) in [7, 11) is 1.60. The predicted molar refractivity (Wildman–Crippen MR) is 76.9 cm³/mol. The smallest absolute Gasteiger partial charge is 0.255 e. The van der Waals surface area contributed by atoms with Gasteiger partial charge in [-0.1, -0.05) is 24.3 Å². The third kappa shape index (κ3) is 2.94. The second-order valence-corrected chi connectivity index (χ2v) is 4.45. The largest absolute Gasteiger partial charge is 0.496 e. The minimum absolute atomic E-state index is 0.132. The molecule has 0 saturated carbocycles. The molecule has 2 aromatic carbocycles. The fourth-order valence-corrected chi connectivity index (χ4v) is 1.87. The van der Waals surface area contributed by atoms with E-state index in [1.165, 1.54) is 0 Å². The molecular formula is C16H17NO2. The molecule has 0 radical (unpaired) electrons. The molecule has 0 aromatic heterocycles. The fraction of sp³-hybridized carbons (Fsp3) is 0.188. The maximum atomic E-state index is 12.2. The summed E-state index contributed by atoms with van der Waals surface area (Å²) in [5, 5.41) is 2.90. The molecule has 0 unspecified atom stereocenters. The lowest BCUT2D eigenvalue weighted by Crippen LogP contribution is -2.12. The van der Waals surface area contributed by atoms with Crippen molar-refractivity contribution in [2.45, 2.75) is 13.8 Å². The molecule has 1 amide bonds. The lowest BCUT2D eigenvalue weighted by atomic mass is 10.1. The summed E-state index contributed by atoms with van der Waals surface area (Å²) < 4.78 is 5.23. The number of rotatable bonds is 3. The molecule has 3 nitrogen and oxygen atoms in total. The predicted octanol–water partition coefficient (Wildman–Crippen LogP) is 3.56. The molecule has 0 heterocycles. The van der Waals surface area contributed by atoms with Crippen molar-refractivity contribution in [3.8, 4) is 5.75 Å². The summed E-state index contributed by atoms with van der Waals surface area (Å²) in [5.41, 5.74) is 3.46. The molecule has 2 aromatic rings. The Morgan fingerprint density at radius 3 is 2.47 bits per heavy atom. The minimum Gasteiger partial charge on any atom is -0.496 e. The van der Waals surface area contributed by atoms with Crippen LogP contribution >= 0.6 is 0 Å². The Labute approximate surface area is 113 Å². The highest BCUT2D eigenvalue weighted by atomic mass is 16.5. The molecule has 3 heteroatoms. The van der Waals surface area contributed by atoms with Gasteiger partial charge in [-0.05, 0) is 43.2 Å². The minimum atomic E-state index is -0.132. The molecule has 19 heavy (non-hydrogen) atoms. The van der Waals surface area contributed by atoms with E-state index in [1.54, 1.807) is 19.2 Å². The average molecular weight is 255 g/mol. The number of anilines is 1. The van der Waals surface area contributed by atoms with Gasteiger partial charge in [0.05, 0.1) is 7.11 Å². The van der Waals surface area contributed by atoms with E-state index in [1.807, 2.05) is 44.2 Å². The van der Waals surface area contributed by atoms with E-state index < -0.39 is 0 Å². The van der Waals surface area contributed by atoms with Gasteiger partial charge in [-0.25, -0.2) is 0 Å². The zero-order valence-electron chi connectivity index (χ0n) is 11.4. The summed E-state index contributed by atoms with van der Waals surface area (Å²) >= 11 is 0. The van der Waals surface area contributed by atoms with Crippen LogP contribution in [0.4, 0.5) is 5.69 Å². The Bertz CT molecular complexity index is 605. The Hall–Kier alpha value is -2.29. The Balaban J connectivity index is 2.23. The van der Waals surface area contributed by atoms with Gasteiger partial charge in [0.25, 0.3) is 5.91 Å². The van der Waals surface area contributed by atoms with E-state index in [0.717, 1.165) is 22.6 Å². The number of nitrogens with one attached hydrogen (secondary N) is 1. The van der Waals surface area contributed by atoms with Crippen molar-refractivity contribution in [1.82, 2.24) is 0 Å². The molecule has 2 rings (SSSR count). The van der Waals surface area contributed by atoms with Crippen LogP contribution in [0.5, 0.6) is 5.75 Å². The van der Waals surface area contributed by atoms with Crippen molar-refractivity contribution in [3.63, 3.8) is 0 Å². The molecule has 0 spiro atoms.